The number of hydrazone groups is 1. The van der Waals surface area contributed by atoms with E-state index in [1.807, 2.05) is 30.3 Å². The molecule has 0 saturated carbocycles. The molecule has 1 heterocycles. The van der Waals surface area contributed by atoms with Gasteiger partial charge in [0, 0.05) is 12.8 Å². The molecule has 2 N–H and O–H groups in total. The summed E-state index contributed by atoms with van der Waals surface area (Å²) in [5.41, 5.74) is 4.17. The standard InChI is InChI=1S/C13H15N3O2/c1-2-12(17)14-11-8-10(15-16-13(11)18)9-6-4-3-5-7-9/h3-7,11H,2,8H2,1H3,(H,14,17)(H,16,18). The van der Waals surface area contributed by atoms with Gasteiger partial charge in [0.05, 0.1) is 5.71 Å². The SMILES string of the molecule is CCC(=O)NC1CC(c2ccccc2)=NNC1=O. The van der Waals surface area contributed by atoms with Gasteiger partial charge in [-0.25, -0.2) is 5.43 Å². The van der Waals surface area contributed by atoms with E-state index in [0.29, 0.717) is 12.8 Å². The number of benzene rings is 1. The lowest BCUT2D eigenvalue weighted by Crippen LogP contribution is -2.49. The van der Waals surface area contributed by atoms with Crippen LogP contribution in [0.2, 0.25) is 0 Å². The number of rotatable bonds is 3. The zero-order valence-corrected chi connectivity index (χ0v) is 10.1. The molecule has 1 unspecified atom stereocenters. The molecule has 0 saturated heterocycles. The van der Waals surface area contributed by atoms with Crippen LogP contribution in [0.5, 0.6) is 0 Å². The van der Waals surface area contributed by atoms with Crippen molar-refractivity contribution < 1.29 is 9.59 Å². The lowest BCUT2D eigenvalue weighted by atomic mass is 10.0. The molecular weight excluding hydrogens is 230 g/mol. The summed E-state index contributed by atoms with van der Waals surface area (Å²) in [6, 6.07) is 9.05. The first-order valence-corrected chi connectivity index (χ1v) is 5.92. The Hall–Kier alpha value is -2.17. The van der Waals surface area contributed by atoms with Crippen molar-refractivity contribution in [3.63, 3.8) is 0 Å². The van der Waals surface area contributed by atoms with Gasteiger partial charge in [0.1, 0.15) is 6.04 Å². The fourth-order valence-corrected chi connectivity index (χ4v) is 1.76. The minimum Gasteiger partial charge on any atom is -0.344 e. The minimum absolute atomic E-state index is 0.135. The van der Waals surface area contributed by atoms with Crippen molar-refractivity contribution in [3.8, 4) is 0 Å². The van der Waals surface area contributed by atoms with Crippen molar-refractivity contribution in [3.05, 3.63) is 35.9 Å². The molecule has 0 spiro atoms. The number of hydrogen-bond donors (Lipinski definition) is 2. The van der Waals surface area contributed by atoms with Crippen molar-refractivity contribution in [2.24, 2.45) is 5.10 Å². The van der Waals surface area contributed by atoms with E-state index in [1.165, 1.54) is 0 Å². The second-order valence-electron chi connectivity index (χ2n) is 4.08. The summed E-state index contributed by atoms with van der Waals surface area (Å²) in [6.07, 6.45) is 0.781. The van der Waals surface area contributed by atoms with E-state index in [9.17, 15) is 9.59 Å². The Balaban J connectivity index is 2.12. The van der Waals surface area contributed by atoms with Gasteiger partial charge in [0.15, 0.2) is 0 Å². The van der Waals surface area contributed by atoms with Crippen LogP contribution in [-0.4, -0.2) is 23.6 Å². The van der Waals surface area contributed by atoms with E-state index in [-0.39, 0.29) is 11.8 Å². The molecule has 5 heteroatoms. The Morgan fingerprint density at radius 2 is 2.17 bits per heavy atom. The third-order valence-corrected chi connectivity index (χ3v) is 2.78. The lowest BCUT2D eigenvalue weighted by Gasteiger charge is -2.22. The minimum atomic E-state index is -0.537. The molecule has 2 rings (SSSR count). The maximum atomic E-state index is 11.6. The fourth-order valence-electron chi connectivity index (χ4n) is 1.76. The number of nitrogens with zero attached hydrogens (tertiary/aromatic N) is 1. The van der Waals surface area contributed by atoms with Gasteiger partial charge >= 0.3 is 0 Å². The van der Waals surface area contributed by atoms with E-state index >= 15 is 0 Å². The van der Waals surface area contributed by atoms with Crippen LogP contribution in [-0.2, 0) is 9.59 Å². The van der Waals surface area contributed by atoms with Crippen LogP contribution in [0.1, 0.15) is 25.3 Å². The van der Waals surface area contributed by atoms with E-state index in [1.54, 1.807) is 6.92 Å². The fraction of sp³-hybridized carbons (Fsp3) is 0.308. The van der Waals surface area contributed by atoms with Crippen LogP contribution >= 0.6 is 0 Å². The first-order valence-electron chi connectivity index (χ1n) is 5.92. The van der Waals surface area contributed by atoms with Crippen molar-refractivity contribution in [1.82, 2.24) is 10.7 Å². The van der Waals surface area contributed by atoms with Gasteiger partial charge in [0.25, 0.3) is 5.91 Å². The summed E-state index contributed by atoms with van der Waals surface area (Å²) < 4.78 is 0. The zero-order valence-electron chi connectivity index (χ0n) is 10.1. The first-order chi connectivity index (χ1) is 8.70. The van der Waals surface area contributed by atoms with Gasteiger partial charge in [0.2, 0.25) is 5.91 Å². The Morgan fingerprint density at radius 3 is 2.83 bits per heavy atom. The van der Waals surface area contributed by atoms with E-state index in [0.717, 1.165) is 11.3 Å². The van der Waals surface area contributed by atoms with Gasteiger partial charge in [-0.05, 0) is 5.56 Å². The highest BCUT2D eigenvalue weighted by Crippen LogP contribution is 2.10. The normalized spacial score (nSPS) is 18.8. The lowest BCUT2D eigenvalue weighted by molar-refractivity contribution is -0.129. The molecule has 1 aromatic carbocycles. The number of nitrogens with one attached hydrogen (secondary N) is 2. The quantitative estimate of drug-likeness (QED) is 0.827. The molecular formula is C13H15N3O2. The molecule has 94 valence electrons. The number of carbonyl (C=O) groups excluding carboxylic acids is 2. The molecule has 0 bridgehead atoms. The average molecular weight is 245 g/mol. The third-order valence-electron chi connectivity index (χ3n) is 2.78. The van der Waals surface area contributed by atoms with Crippen molar-refractivity contribution in [2.75, 3.05) is 0 Å². The smallest absolute Gasteiger partial charge is 0.263 e. The third kappa shape index (κ3) is 2.74. The van der Waals surface area contributed by atoms with Crippen LogP contribution < -0.4 is 10.7 Å². The topological polar surface area (TPSA) is 70.6 Å². The van der Waals surface area contributed by atoms with Crippen molar-refractivity contribution >= 4 is 17.5 Å². The highest BCUT2D eigenvalue weighted by molar-refractivity contribution is 6.06. The van der Waals surface area contributed by atoms with Crippen LogP contribution in [0.25, 0.3) is 0 Å². The summed E-state index contributed by atoms with van der Waals surface area (Å²) in [6.45, 7) is 1.75. The van der Waals surface area contributed by atoms with Gasteiger partial charge in [-0.1, -0.05) is 37.3 Å². The maximum Gasteiger partial charge on any atom is 0.263 e. The van der Waals surface area contributed by atoms with Crippen LogP contribution in [0.3, 0.4) is 0 Å². The van der Waals surface area contributed by atoms with Crippen LogP contribution in [0, 0.1) is 0 Å². The zero-order chi connectivity index (χ0) is 13.0. The summed E-state index contributed by atoms with van der Waals surface area (Å²) >= 11 is 0. The molecule has 1 atom stereocenters. The summed E-state index contributed by atoms with van der Waals surface area (Å²) in [5, 5.41) is 6.72. The summed E-state index contributed by atoms with van der Waals surface area (Å²) in [7, 11) is 0. The monoisotopic (exact) mass is 245 g/mol. The number of hydrogen-bond acceptors (Lipinski definition) is 3. The Morgan fingerprint density at radius 1 is 1.44 bits per heavy atom. The molecule has 5 nitrogen and oxygen atoms in total. The van der Waals surface area contributed by atoms with E-state index in [4.69, 9.17) is 0 Å². The maximum absolute atomic E-state index is 11.6. The average Bonchev–Trinajstić information content (AvgIpc) is 2.42. The highest BCUT2D eigenvalue weighted by atomic mass is 16.2. The molecule has 0 fully saturated rings. The molecule has 1 aliphatic rings. The second-order valence-corrected chi connectivity index (χ2v) is 4.08. The molecule has 1 aromatic rings. The molecule has 0 aliphatic carbocycles. The summed E-state index contributed by atoms with van der Waals surface area (Å²) in [4.78, 5) is 22.9. The van der Waals surface area contributed by atoms with Gasteiger partial charge in [-0.2, -0.15) is 5.10 Å². The molecule has 0 aromatic heterocycles. The van der Waals surface area contributed by atoms with Crippen LogP contribution in [0.15, 0.2) is 35.4 Å². The molecule has 2 amide bonds. The highest BCUT2D eigenvalue weighted by Gasteiger charge is 2.26. The molecule has 0 radical (unpaired) electrons. The van der Waals surface area contributed by atoms with Gasteiger partial charge in [-0.3, -0.25) is 9.59 Å². The predicted molar refractivity (Wildman–Crippen MR) is 68.0 cm³/mol. The molecule has 18 heavy (non-hydrogen) atoms. The molecule has 1 aliphatic heterocycles. The van der Waals surface area contributed by atoms with Crippen LogP contribution in [0.4, 0.5) is 0 Å². The Kier molecular flexibility index (Phi) is 3.72. The van der Waals surface area contributed by atoms with E-state index < -0.39 is 6.04 Å². The van der Waals surface area contributed by atoms with Gasteiger partial charge in [-0.15, -0.1) is 0 Å². The second kappa shape index (κ2) is 5.44. The van der Waals surface area contributed by atoms with Gasteiger partial charge < -0.3 is 5.32 Å². The van der Waals surface area contributed by atoms with Crippen molar-refractivity contribution in [1.29, 1.82) is 0 Å². The van der Waals surface area contributed by atoms with Crippen molar-refractivity contribution in [2.45, 2.75) is 25.8 Å². The predicted octanol–water partition coefficient (Wildman–Crippen LogP) is 0.805. The first kappa shape index (κ1) is 12.3. The largest absolute Gasteiger partial charge is 0.344 e. The van der Waals surface area contributed by atoms with E-state index in [2.05, 4.69) is 15.8 Å². The Labute approximate surface area is 105 Å². The number of carbonyl (C=O) groups is 2. The number of amides is 2. The Bertz CT molecular complexity index is 482. The summed E-state index contributed by atoms with van der Waals surface area (Å²) in [5.74, 6) is -0.402.